The van der Waals surface area contributed by atoms with Crippen molar-refractivity contribution in [3.8, 4) is 0 Å². The standard InChI is InChI=1S/C11H21NO.ClH/c1-2-10(8-12-6-1)5-7-13-9-11-3-4-11;/h10-12H,1-9H2;1H. The van der Waals surface area contributed by atoms with Crippen LogP contribution in [0.3, 0.4) is 0 Å². The molecule has 1 heterocycles. The van der Waals surface area contributed by atoms with E-state index in [2.05, 4.69) is 5.32 Å². The predicted octanol–water partition coefficient (Wildman–Crippen LogP) is 2.22. The summed E-state index contributed by atoms with van der Waals surface area (Å²) < 4.78 is 5.63. The molecule has 0 spiro atoms. The molecule has 0 aromatic carbocycles. The molecule has 1 unspecified atom stereocenters. The van der Waals surface area contributed by atoms with Crippen LogP contribution in [-0.2, 0) is 4.74 Å². The Bertz CT molecular complexity index is 144. The molecule has 14 heavy (non-hydrogen) atoms. The van der Waals surface area contributed by atoms with Gasteiger partial charge in [-0.25, -0.2) is 0 Å². The Morgan fingerprint density at radius 2 is 2.00 bits per heavy atom. The SMILES string of the molecule is C1CNCC(CCOCC2CC2)C1.Cl. The third-order valence-electron chi connectivity index (χ3n) is 3.12. The first kappa shape index (κ1) is 12.3. The molecular formula is C11H22ClNO. The van der Waals surface area contributed by atoms with Crippen molar-refractivity contribution in [3.05, 3.63) is 0 Å². The van der Waals surface area contributed by atoms with Gasteiger partial charge in [0.2, 0.25) is 0 Å². The van der Waals surface area contributed by atoms with Gasteiger partial charge in [0, 0.05) is 13.2 Å². The van der Waals surface area contributed by atoms with Crippen LogP contribution >= 0.6 is 12.4 Å². The monoisotopic (exact) mass is 219 g/mol. The van der Waals surface area contributed by atoms with Crippen LogP contribution in [0.5, 0.6) is 0 Å². The van der Waals surface area contributed by atoms with Crippen molar-refractivity contribution < 1.29 is 4.74 Å². The van der Waals surface area contributed by atoms with Gasteiger partial charge in [0.05, 0.1) is 0 Å². The summed E-state index contributed by atoms with van der Waals surface area (Å²) in [5.74, 6) is 1.80. The molecule has 0 radical (unpaired) electrons. The van der Waals surface area contributed by atoms with Gasteiger partial charge in [-0.1, -0.05) is 0 Å². The molecule has 1 saturated heterocycles. The van der Waals surface area contributed by atoms with Crippen molar-refractivity contribution in [2.45, 2.75) is 32.1 Å². The fourth-order valence-corrected chi connectivity index (χ4v) is 1.95. The van der Waals surface area contributed by atoms with Crippen molar-refractivity contribution in [3.63, 3.8) is 0 Å². The van der Waals surface area contributed by atoms with Crippen LogP contribution in [0.15, 0.2) is 0 Å². The second-order valence-corrected chi connectivity index (χ2v) is 4.52. The molecule has 1 atom stereocenters. The van der Waals surface area contributed by atoms with E-state index in [4.69, 9.17) is 4.74 Å². The van der Waals surface area contributed by atoms with Crippen LogP contribution < -0.4 is 5.32 Å². The Morgan fingerprint density at radius 1 is 1.14 bits per heavy atom. The molecule has 3 heteroatoms. The fraction of sp³-hybridized carbons (Fsp3) is 1.00. The smallest absolute Gasteiger partial charge is 0.0494 e. The minimum absolute atomic E-state index is 0. The maximum Gasteiger partial charge on any atom is 0.0494 e. The third-order valence-corrected chi connectivity index (χ3v) is 3.12. The number of nitrogens with one attached hydrogen (secondary N) is 1. The van der Waals surface area contributed by atoms with E-state index in [9.17, 15) is 0 Å². The van der Waals surface area contributed by atoms with Crippen LogP contribution in [0.2, 0.25) is 0 Å². The van der Waals surface area contributed by atoms with Crippen molar-refractivity contribution in [2.75, 3.05) is 26.3 Å². The Hall–Kier alpha value is 0.210. The van der Waals surface area contributed by atoms with Crippen molar-refractivity contribution in [2.24, 2.45) is 11.8 Å². The van der Waals surface area contributed by atoms with Crippen molar-refractivity contribution in [1.82, 2.24) is 5.32 Å². The molecule has 2 fully saturated rings. The average Bonchev–Trinajstić information content (AvgIpc) is 2.98. The highest BCUT2D eigenvalue weighted by Gasteiger charge is 2.21. The molecule has 0 amide bonds. The first-order chi connectivity index (χ1) is 6.45. The first-order valence-corrected chi connectivity index (χ1v) is 5.73. The third kappa shape index (κ3) is 4.63. The van der Waals surface area contributed by atoms with E-state index < -0.39 is 0 Å². The zero-order valence-electron chi connectivity index (χ0n) is 8.84. The lowest BCUT2D eigenvalue weighted by Crippen LogP contribution is -2.30. The zero-order chi connectivity index (χ0) is 8.93. The van der Waals surface area contributed by atoms with E-state index in [1.54, 1.807) is 0 Å². The van der Waals surface area contributed by atoms with Crippen molar-refractivity contribution >= 4 is 12.4 Å². The lowest BCUT2D eigenvalue weighted by atomic mass is 9.97. The van der Waals surface area contributed by atoms with E-state index >= 15 is 0 Å². The minimum Gasteiger partial charge on any atom is -0.381 e. The second-order valence-electron chi connectivity index (χ2n) is 4.52. The maximum absolute atomic E-state index is 5.63. The summed E-state index contributed by atoms with van der Waals surface area (Å²) in [7, 11) is 0. The van der Waals surface area contributed by atoms with Gasteiger partial charge >= 0.3 is 0 Å². The molecule has 2 nitrogen and oxygen atoms in total. The van der Waals surface area contributed by atoms with E-state index in [0.717, 1.165) is 25.0 Å². The maximum atomic E-state index is 5.63. The molecule has 2 aliphatic rings. The van der Waals surface area contributed by atoms with E-state index in [1.165, 1.54) is 45.2 Å². The Labute approximate surface area is 93.2 Å². The fourth-order valence-electron chi connectivity index (χ4n) is 1.95. The Morgan fingerprint density at radius 3 is 2.64 bits per heavy atom. The summed E-state index contributed by atoms with van der Waals surface area (Å²) in [4.78, 5) is 0. The number of piperidine rings is 1. The van der Waals surface area contributed by atoms with Gasteiger partial charge in [0.15, 0.2) is 0 Å². The van der Waals surface area contributed by atoms with Gasteiger partial charge in [0.25, 0.3) is 0 Å². The highest BCUT2D eigenvalue weighted by Crippen LogP contribution is 2.28. The van der Waals surface area contributed by atoms with Crippen LogP contribution in [0, 0.1) is 11.8 Å². The van der Waals surface area contributed by atoms with Gasteiger partial charge < -0.3 is 10.1 Å². The molecule has 84 valence electrons. The molecule has 0 aromatic rings. The van der Waals surface area contributed by atoms with Crippen LogP contribution in [0.1, 0.15) is 32.1 Å². The second kappa shape index (κ2) is 6.65. The summed E-state index contributed by atoms with van der Waals surface area (Å²) >= 11 is 0. The highest BCUT2D eigenvalue weighted by atomic mass is 35.5. The summed E-state index contributed by atoms with van der Waals surface area (Å²) in [6.07, 6.45) is 6.84. The minimum atomic E-state index is 0. The van der Waals surface area contributed by atoms with E-state index in [-0.39, 0.29) is 12.4 Å². The Kier molecular flexibility index (Phi) is 5.83. The van der Waals surface area contributed by atoms with Gasteiger partial charge in [0.1, 0.15) is 0 Å². The van der Waals surface area contributed by atoms with Gasteiger partial charge in [-0.05, 0) is 57.0 Å². The topological polar surface area (TPSA) is 21.3 Å². The molecule has 1 aliphatic heterocycles. The summed E-state index contributed by atoms with van der Waals surface area (Å²) in [6.45, 7) is 4.45. The van der Waals surface area contributed by atoms with E-state index in [0.29, 0.717) is 0 Å². The molecule has 0 bridgehead atoms. The number of halogens is 1. The lowest BCUT2D eigenvalue weighted by molar-refractivity contribution is 0.107. The molecule has 2 rings (SSSR count). The summed E-state index contributed by atoms with van der Waals surface area (Å²) in [5.41, 5.74) is 0. The Balaban J connectivity index is 0.000000980. The molecule has 1 saturated carbocycles. The number of ether oxygens (including phenoxy) is 1. The molecule has 0 aromatic heterocycles. The van der Waals surface area contributed by atoms with Crippen molar-refractivity contribution in [1.29, 1.82) is 0 Å². The molecule has 1 aliphatic carbocycles. The number of hydrogen-bond acceptors (Lipinski definition) is 2. The molecular weight excluding hydrogens is 198 g/mol. The van der Waals surface area contributed by atoms with Gasteiger partial charge in [-0.3, -0.25) is 0 Å². The first-order valence-electron chi connectivity index (χ1n) is 5.73. The average molecular weight is 220 g/mol. The molecule has 1 N–H and O–H groups in total. The largest absolute Gasteiger partial charge is 0.381 e. The lowest BCUT2D eigenvalue weighted by Gasteiger charge is -2.22. The number of rotatable bonds is 5. The van der Waals surface area contributed by atoms with Gasteiger partial charge in [-0.2, -0.15) is 0 Å². The van der Waals surface area contributed by atoms with Crippen LogP contribution in [0.4, 0.5) is 0 Å². The number of hydrogen-bond donors (Lipinski definition) is 1. The van der Waals surface area contributed by atoms with Crippen LogP contribution in [-0.4, -0.2) is 26.3 Å². The summed E-state index contributed by atoms with van der Waals surface area (Å²) in [5, 5.41) is 3.44. The zero-order valence-corrected chi connectivity index (χ0v) is 9.65. The quantitative estimate of drug-likeness (QED) is 0.717. The highest BCUT2D eigenvalue weighted by molar-refractivity contribution is 5.85. The van der Waals surface area contributed by atoms with Gasteiger partial charge in [-0.15, -0.1) is 12.4 Å². The normalized spacial score (nSPS) is 27.0. The van der Waals surface area contributed by atoms with E-state index in [1.807, 2.05) is 0 Å². The predicted molar refractivity (Wildman–Crippen MR) is 61.0 cm³/mol. The summed E-state index contributed by atoms with van der Waals surface area (Å²) in [6, 6.07) is 0. The van der Waals surface area contributed by atoms with Crippen LogP contribution in [0.25, 0.3) is 0 Å².